The van der Waals surface area contributed by atoms with E-state index in [9.17, 15) is 19.8 Å². The van der Waals surface area contributed by atoms with E-state index in [0.29, 0.717) is 34.6 Å². The summed E-state index contributed by atoms with van der Waals surface area (Å²) >= 11 is 0. The minimum Gasteiger partial charge on any atom is -0.497 e. The average molecular weight is 656 g/mol. The third kappa shape index (κ3) is 5.65. The number of fused-ring (bicyclic) bond motifs is 1. The molecule has 1 aliphatic rings. The van der Waals surface area contributed by atoms with Gasteiger partial charge in [-0.15, -0.1) is 0 Å². The molecule has 0 spiro atoms. The van der Waals surface area contributed by atoms with Gasteiger partial charge in [-0.2, -0.15) is 4.98 Å². The minimum absolute atomic E-state index is 0.0278. The molecule has 1 saturated heterocycles. The third-order valence-electron chi connectivity index (χ3n) is 8.77. The molecule has 3 heterocycles. The average Bonchev–Trinajstić information content (AvgIpc) is 3.66. The lowest BCUT2D eigenvalue weighted by Gasteiger charge is -2.42. The van der Waals surface area contributed by atoms with Crippen LogP contribution in [0.1, 0.15) is 42.7 Å². The lowest BCUT2D eigenvalue weighted by molar-refractivity contribution is -0.158. The Morgan fingerprint density at radius 3 is 2.15 bits per heavy atom. The van der Waals surface area contributed by atoms with Gasteiger partial charge >= 0.3 is 5.97 Å². The number of hydrogen-bond acceptors (Lipinski definition) is 11. The number of rotatable bonds is 11. The van der Waals surface area contributed by atoms with Gasteiger partial charge in [0.2, 0.25) is 5.95 Å². The number of anilines is 1. The molecule has 1 unspecified atom stereocenters. The number of aromatic nitrogens is 4. The Hall–Kier alpha value is -5.24. The van der Waals surface area contributed by atoms with Gasteiger partial charge in [0.05, 0.1) is 26.0 Å². The molecular weight excluding hydrogens is 618 g/mol. The van der Waals surface area contributed by atoms with E-state index in [4.69, 9.17) is 24.7 Å². The second kappa shape index (κ2) is 13.5. The van der Waals surface area contributed by atoms with Crippen molar-refractivity contribution in [3.8, 4) is 11.5 Å². The molecule has 6 rings (SSSR count). The number of aromatic amines is 1. The van der Waals surface area contributed by atoms with Crippen molar-refractivity contribution >= 4 is 23.1 Å². The van der Waals surface area contributed by atoms with E-state index in [-0.39, 0.29) is 23.5 Å². The number of aliphatic hydroxyl groups is 2. The van der Waals surface area contributed by atoms with Crippen LogP contribution in [-0.4, -0.2) is 74.3 Å². The highest BCUT2D eigenvalue weighted by Crippen LogP contribution is 2.48. The summed E-state index contributed by atoms with van der Waals surface area (Å²) < 4.78 is 24.6. The largest absolute Gasteiger partial charge is 0.497 e. The van der Waals surface area contributed by atoms with Crippen molar-refractivity contribution in [1.29, 1.82) is 0 Å². The van der Waals surface area contributed by atoms with Crippen molar-refractivity contribution in [2.75, 3.05) is 20.0 Å². The van der Waals surface area contributed by atoms with E-state index in [1.807, 2.05) is 61.5 Å². The van der Waals surface area contributed by atoms with Gasteiger partial charge in [-0.25, -0.2) is 4.98 Å². The van der Waals surface area contributed by atoms with Gasteiger partial charge < -0.3 is 34.9 Å². The van der Waals surface area contributed by atoms with Crippen LogP contribution in [0.15, 0.2) is 90.0 Å². The minimum atomic E-state index is -1.54. The van der Waals surface area contributed by atoms with Crippen molar-refractivity contribution in [2.24, 2.45) is 0 Å². The second-order valence-electron chi connectivity index (χ2n) is 11.5. The lowest BCUT2D eigenvalue weighted by atomic mass is 9.64. The van der Waals surface area contributed by atoms with Crippen LogP contribution < -0.4 is 20.8 Å². The number of methoxy groups -OCH3 is 2. The van der Waals surface area contributed by atoms with Gasteiger partial charge in [0, 0.05) is 6.42 Å². The third-order valence-corrected chi connectivity index (χ3v) is 8.77. The Bertz CT molecular complexity index is 1880. The molecule has 5 N–H and O–H groups in total. The number of nitrogens with zero attached hydrogens (tertiary/aromatic N) is 3. The van der Waals surface area contributed by atoms with E-state index in [1.54, 1.807) is 38.5 Å². The van der Waals surface area contributed by atoms with E-state index in [1.165, 1.54) is 10.9 Å². The van der Waals surface area contributed by atoms with Crippen molar-refractivity contribution in [3.63, 3.8) is 0 Å². The summed E-state index contributed by atoms with van der Waals surface area (Å²) in [5, 5.41) is 24.8. The summed E-state index contributed by atoms with van der Waals surface area (Å²) in [7, 11) is 3.13. The maximum Gasteiger partial charge on any atom is 0.306 e. The SMILES string of the molecule is CCCC(=O)O[C@@H]1[C@H](O)[C@@H](C(O)C(c2ccccc2)(c2ccc(OC)cc2)c2ccc(OC)cc2)O[C@H]1n1cnc2c(=O)[nH]c(N)nc21. The van der Waals surface area contributed by atoms with Crippen LogP contribution >= 0.6 is 0 Å². The van der Waals surface area contributed by atoms with Gasteiger partial charge in [-0.1, -0.05) is 61.5 Å². The number of nitrogens with one attached hydrogen (secondary N) is 1. The maximum atomic E-state index is 12.9. The number of carbonyl (C=O) groups is 1. The van der Waals surface area contributed by atoms with Crippen LogP contribution in [0.4, 0.5) is 5.95 Å². The van der Waals surface area contributed by atoms with E-state index in [0.717, 1.165) is 0 Å². The highest BCUT2D eigenvalue weighted by atomic mass is 16.6. The van der Waals surface area contributed by atoms with Crippen molar-refractivity contribution in [1.82, 2.24) is 19.5 Å². The zero-order chi connectivity index (χ0) is 34.0. The molecule has 48 heavy (non-hydrogen) atoms. The van der Waals surface area contributed by atoms with Crippen molar-refractivity contribution < 1.29 is 34.0 Å². The number of carbonyl (C=O) groups excluding carboxylic acids is 1. The maximum absolute atomic E-state index is 12.9. The number of esters is 1. The molecule has 0 radical (unpaired) electrons. The molecule has 250 valence electrons. The number of ether oxygens (including phenoxy) is 4. The number of hydrogen-bond donors (Lipinski definition) is 4. The zero-order valence-corrected chi connectivity index (χ0v) is 26.6. The summed E-state index contributed by atoms with van der Waals surface area (Å²) in [6, 6.07) is 23.9. The van der Waals surface area contributed by atoms with Crippen LogP contribution in [0.3, 0.4) is 0 Å². The Balaban J connectivity index is 1.55. The van der Waals surface area contributed by atoms with Crippen LogP contribution in [0.5, 0.6) is 11.5 Å². The molecule has 2 aromatic heterocycles. The fourth-order valence-corrected chi connectivity index (χ4v) is 6.50. The molecule has 0 aliphatic carbocycles. The zero-order valence-electron chi connectivity index (χ0n) is 26.6. The molecule has 0 saturated carbocycles. The number of H-pyrrole nitrogens is 1. The first-order valence-corrected chi connectivity index (χ1v) is 15.5. The quantitative estimate of drug-likeness (QED) is 0.121. The first-order valence-electron chi connectivity index (χ1n) is 15.5. The first kappa shape index (κ1) is 32.7. The topological polar surface area (TPSA) is 184 Å². The molecule has 0 bridgehead atoms. The predicted molar refractivity (Wildman–Crippen MR) is 176 cm³/mol. The number of nitrogen functional groups attached to an aromatic ring is 1. The molecule has 0 amide bonds. The molecule has 5 aromatic rings. The molecule has 13 nitrogen and oxygen atoms in total. The summed E-state index contributed by atoms with van der Waals surface area (Å²) in [5.41, 5.74) is 5.99. The predicted octanol–water partition coefficient (Wildman–Crippen LogP) is 3.08. The highest BCUT2D eigenvalue weighted by molar-refractivity contribution is 5.71. The molecule has 3 aromatic carbocycles. The molecule has 1 aliphatic heterocycles. The molecule has 5 atom stereocenters. The normalized spacial score (nSPS) is 20.0. The Morgan fingerprint density at radius 1 is 1.00 bits per heavy atom. The molecular formula is C35H37N5O8. The fraction of sp³-hybridized carbons (Fsp3) is 0.314. The van der Waals surface area contributed by atoms with Crippen LogP contribution in [-0.2, 0) is 19.7 Å². The second-order valence-corrected chi connectivity index (χ2v) is 11.5. The summed E-state index contributed by atoms with van der Waals surface area (Å²) in [6.45, 7) is 1.83. The number of benzene rings is 3. The van der Waals surface area contributed by atoms with Crippen molar-refractivity contribution in [3.05, 3.63) is 112 Å². The Labute approximate surface area is 275 Å². The summed E-state index contributed by atoms with van der Waals surface area (Å²) in [6.07, 6.45) is -5.04. The lowest BCUT2D eigenvalue weighted by Crippen LogP contribution is -2.52. The van der Waals surface area contributed by atoms with E-state index < -0.39 is 47.6 Å². The Morgan fingerprint density at radius 2 is 1.58 bits per heavy atom. The summed E-state index contributed by atoms with van der Waals surface area (Å²) in [5.74, 6) is 0.489. The van der Waals surface area contributed by atoms with Gasteiger partial charge in [0.25, 0.3) is 5.56 Å². The number of aliphatic hydroxyl groups excluding tert-OH is 2. The van der Waals surface area contributed by atoms with E-state index >= 15 is 0 Å². The number of nitrogens with two attached hydrogens (primary N) is 1. The smallest absolute Gasteiger partial charge is 0.306 e. The van der Waals surface area contributed by atoms with Crippen LogP contribution in [0.25, 0.3) is 11.2 Å². The standard InChI is InChI=1S/C35H37N5O8/c1-4-8-25(41)47-29-27(42)28(48-33(29)40-19-37-26-31(40)38-34(36)39-32(26)44)30(43)35(20-9-6-5-7-10-20,21-11-15-23(45-2)16-12-21)22-13-17-24(46-3)18-14-22/h5-7,9-19,27-30,33,42-43H,4,8H2,1-3H3,(H3,36,38,39,44)/t27-,28+,29-,30?,33-/m1/s1. The first-order chi connectivity index (χ1) is 23.2. The fourth-order valence-electron chi connectivity index (χ4n) is 6.50. The molecule has 1 fully saturated rings. The van der Waals surface area contributed by atoms with E-state index in [2.05, 4.69) is 15.0 Å². The Kier molecular flexibility index (Phi) is 9.18. The van der Waals surface area contributed by atoms with Crippen molar-refractivity contribution in [2.45, 2.75) is 55.8 Å². The van der Waals surface area contributed by atoms with Crippen LogP contribution in [0, 0.1) is 0 Å². The molecule has 13 heteroatoms. The highest BCUT2D eigenvalue weighted by Gasteiger charge is 2.57. The van der Waals surface area contributed by atoms with Gasteiger partial charge in [-0.3, -0.25) is 19.1 Å². The summed E-state index contributed by atoms with van der Waals surface area (Å²) in [4.78, 5) is 36.4. The van der Waals surface area contributed by atoms with Crippen LogP contribution in [0.2, 0.25) is 0 Å². The monoisotopic (exact) mass is 655 g/mol. The number of imidazole rings is 1. The van der Waals surface area contributed by atoms with Gasteiger partial charge in [-0.05, 0) is 47.4 Å². The van der Waals surface area contributed by atoms with Gasteiger partial charge in [0.1, 0.15) is 29.8 Å². The van der Waals surface area contributed by atoms with Gasteiger partial charge in [0.15, 0.2) is 23.5 Å².